The predicted molar refractivity (Wildman–Crippen MR) is 66.3 cm³/mol. The molecular weight excluding hydrogens is 295 g/mol. The highest BCUT2D eigenvalue weighted by Gasteiger charge is 2.35. The summed E-state index contributed by atoms with van der Waals surface area (Å²) in [6.07, 6.45) is -2.14. The van der Waals surface area contributed by atoms with Gasteiger partial charge in [-0.05, 0) is 23.9 Å². The van der Waals surface area contributed by atoms with Crippen LogP contribution in [0.25, 0.3) is 0 Å². The molecule has 1 amide bonds. The van der Waals surface area contributed by atoms with Crippen LogP contribution in [0, 0.1) is 0 Å². The van der Waals surface area contributed by atoms with Crippen LogP contribution in [0.2, 0.25) is 0 Å². The highest BCUT2D eigenvalue weighted by atomic mass is 32.2. The summed E-state index contributed by atoms with van der Waals surface area (Å²) < 4.78 is 37.3. The largest absolute Gasteiger partial charge is 0.446 e. The minimum Gasteiger partial charge on any atom is -0.388 e. The molecule has 2 N–H and O–H groups in total. The monoisotopic (exact) mass is 307 g/mol. The smallest absolute Gasteiger partial charge is 0.388 e. The zero-order chi connectivity index (χ0) is 14.9. The van der Waals surface area contributed by atoms with Gasteiger partial charge in [-0.2, -0.15) is 13.2 Å². The number of nitrogens with zero attached hydrogens (tertiary/aromatic N) is 1. The first-order chi connectivity index (χ1) is 9.28. The van der Waals surface area contributed by atoms with Crippen LogP contribution in [0.4, 0.5) is 13.2 Å². The molecule has 0 spiro atoms. The standard InChI is InChI=1S/C12H12F3NO3S/c13-12(14,15)20-10-4-2-1-3-7(10)11(19)16-5-8(17)9(18)6-16/h1-4,8-9,17-18H,5-6H2/t8-,9+. The van der Waals surface area contributed by atoms with E-state index in [2.05, 4.69) is 0 Å². The Hall–Kier alpha value is -1.25. The number of likely N-dealkylation sites (tertiary alicyclic amines) is 1. The van der Waals surface area contributed by atoms with Crippen LogP contribution in [0.5, 0.6) is 0 Å². The quantitative estimate of drug-likeness (QED) is 0.813. The number of benzene rings is 1. The summed E-state index contributed by atoms with van der Waals surface area (Å²) >= 11 is -0.356. The number of hydrogen-bond donors (Lipinski definition) is 2. The Morgan fingerprint density at radius 2 is 1.75 bits per heavy atom. The summed E-state index contributed by atoms with van der Waals surface area (Å²) in [6, 6.07) is 5.40. The fourth-order valence-corrected chi connectivity index (χ4v) is 2.62. The van der Waals surface area contributed by atoms with Gasteiger partial charge in [-0.3, -0.25) is 4.79 Å². The van der Waals surface area contributed by atoms with Crippen LogP contribution in [0.1, 0.15) is 10.4 Å². The van der Waals surface area contributed by atoms with Crippen molar-refractivity contribution in [3.05, 3.63) is 29.8 Å². The van der Waals surface area contributed by atoms with E-state index in [1.54, 1.807) is 0 Å². The second-order valence-corrected chi connectivity index (χ2v) is 5.50. The summed E-state index contributed by atoms with van der Waals surface area (Å²) in [4.78, 5) is 13.1. The molecule has 1 aliphatic rings. The molecule has 1 fully saturated rings. The first-order valence-electron chi connectivity index (χ1n) is 5.78. The summed E-state index contributed by atoms with van der Waals surface area (Å²) in [5, 5.41) is 18.8. The van der Waals surface area contributed by atoms with Gasteiger partial charge in [0.1, 0.15) is 0 Å². The SMILES string of the molecule is O=C(c1ccccc1SC(F)(F)F)N1C[C@@H](O)[C@@H](O)C1. The average Bonchev–Trinajstić information content (AvgIpc) is 2.67. The number of alkyl halides is 3. The lowest BCUT2D eigenvalue weighted by molar-refractivity contribution is -0.0328. The third-order valence-corrected chi connectivity index (χ3v) is 3.70. The first kappa shape index (κ1) is 15.1. The van der Waals surface area contributed by atoms with Crippen LogP contribution < -0.4 is 0 Å². The van der Waals surface area contributed by atoms with Gasteiger partial charge in [0.2, 0.25) is 0 Å². The third kappa shape index (κ3) is 3.44. The average molecular weight is 307 g/mol. The molecule has 0 aliphatic carbocycles. The minimum absolute atomic E-state index is 0.0869. The molecule has 20 heavy (non-hydrogen) atoms. The van der Waals surface area contributed by atoms with Crippen LogP contribution in [0.3, 0.4) is 0 Å². The van der Waals surface area contributed by atoms with E-state index < -0.39 is 23.6 Å². The number of β-amino-alcohol motifs (C(OH)–C–C–N with tert-alkyl or cyclic N) is 2. The highest BCUT2D eigenvalue weighted by molar-refractivity contribution is 8.00. The predicted octanol–water partition coefficient (Wildman–Crippen LogP) is 1.48. The molecular formula is C12H12F3NO3S. The maximum atomic E-state index is 12.4. The molecule has 2 atom stereocenters. The maximum Gasteiger partial charge on any atom is 0.446 e. The summed E-state index contributed by atoms with van der Waals surface area (Å²) in [6.45, 7) is -0.184. The second kappa shape index (κ2) is 5.63. The van der Waals surface area contributed by atoms with Crippen molar-refractivity contribution in [2.75, 3.05) is 13.1 Å². The van der Waals surface area contributed by atoms with E-state index in [0.717, 1.165) is 4.90 Å². The van der Waals surface area contributed by atoms with Crippen LogP contribution in [-0.4, -0.2) is 51.8 Å². The fraction of sp³-hybridized carbons (Fsp3) is 0.417. The van der Waals surface area contributed by atoms with Crippen molar-refractivity contribution in [3.63, 3.8) is 0 Å². The molecule has 2 rings (SSSR count). The van der Waals surface area contributed by atoms with E-state index in [0.29, 0.717) is 0 Å². The number of rotatable bonds is 2. The minimum atomic E-state index is -4.49. The van der Waals surface area contributed by atoms with Crippen molar-refractivity contribution in [1.82, 2.24) is 4.90 Å². The molecule has 4 nitrogen and oxygen atoms in total. The Kier molecular flexibility index (Phi) is 4.26. The molecule has 1 aliphatic heterocycles. The number of aliphatic hydroxyl groups excluding tert-OH is 2. The zero-order valence-corrected chi connectivity index (χ0v) is 11.0. The lowest BCUT2D eigenvalue weighted by Crippen LogP contribution is -2.30. The van der Waals surface area contributed by atoms with Crippen molar-refractivity contribution in [2.45, 2.75) is 22.6 Å². The number of aliphatic hydroxyl groups is 2. The first-order valence-corrected chi connectivity index (χ1v) is 6.60. The molecule has 1 aromatic rings. The molecule has 110 valence electrons. The number of halogens is 3. The molecule has 0 unspecified atom stereocenters. The molecule has 0 radical (unpaired) electrons. The van der Waals surface area contributed by atoms with Crippen molar-refractivity contribution < 1.29 is 28.2 Å². The third-order valence-electron chi connectivity index (χ3n) is 2.89. The number of carbonyl (C=O) groups excluding carboxylic acids is 1. The van der Waals surface area contributed by atoms with Crippen LogP contribution in [-0.2, 0) is 0 Å². The van der Waals surface area contributed by atoms with Gasteiger partial charge in [-0.1, -0.05) is 12.1 Å². The van der Waals surface area contributed by atoms with E-state index in [4.69, 9.17) is 0 Å². The van der Waals surface area contributed by atoms with E-state index in [1.807, 2.05) is 0 Å². The Balaban J connectivity index is 2.22. The maximum absolute atomic E-state index is 12.4. The lowest BCUT2D eigenvalue weighted by atomic mass is 10.2. The normalized spacial score (nSPS) is 23.1. The van der Waals surface area contributed by atoms with Crippen molar-refractivity contribution in [1.29, 1.82) is 0 Å². The van der Waals surface area contributed by atoms with Crippen LogP contribution in [0.15, 0.2) is 29.2 Å². The Bertz CT molecular complexity index is 499. The Labute approximate surface area is 117 Å². The number of amides is 1. The molecule has 0 saturated carbocycles. The van der Waals surface area contributed by atoms with E-state index >= 15 is 0 Å². The Morgan fingerprint density at radius 1 is 1.20 bits per heavy atom. The van der Waals surface area contributed by atoms with Gasteiger partial charge in [0.25, 0.3) is 5.91 Å². The van der Waals surface area contributed by atoms with Gasteiger partial charge < -0.3 is 15.1 Å². The molecule has 1 saturated heterocycles. The fourth-order valence-electron chi connectivity index (χ4n) is 1.96. The van der Waals surface area contributed by atoms with Crippen LogP contribution >= 0.6 is 11.8 Å². The van der Waals surface area contributed by atoms with E-state index in [1.165, 1.54) is 24.3 Å². The van der Waals surface area contributed by atoms with E-state index in [9.17, 15) is 28.2 Å². The van der Waals surface area contributed by atoms with E-state index in [-0.39, 0.29) is 35.3 Å². The Morgan fingerprint density at radius 3 is 2.30 bits per heavy atom. The van der Waals surface area contributed by atoms with Crippen molar-refractivity contribution in [3.8, 4) is 0 Å². The number of thioether (sulfide) groups is 1. The second-order valence-electron chi connectivity index (χ2n) is 4.39. The van der Waals surface area contributed by atoms with Gasteiger partial charge in [-0.25, -0.2) is 0 Å². The van der Waals surface area contributed by atoms with Crippen molar-refractivity contribution in [2.24, 2.45) is 0 Å². The lowest BCUT2D eigenvalue weighted by Gasteiger charge is -2.17. The molecule has 8 heteroatoms. The number of carbonyl (C=O) groups is 1. The summed E-state index contributed by atoms with van der Waals surface area (Å²) in [5.41, 5.74) is -4.57. The van der Waals surface area contributed by atoms with Gasteiger partial charge >= 0.3 is 5.51 Å². The topological polar surface area (TPSA) is 60.8 Å². The molecule has 0 aromatic heterocycles. The van der Waals surface area contributed by atoms with Gasteiger partial charge in [0.05, 0.1) is 17.8 Å². The molecule has 1 aromatic carbocycles. The number of hydrogen-bond acceptors (Lipinski definition) is 4. The zero-order valence-electron chi connectivity index (χ0n) is 10.2. The van der Waals surface area contributed by atoms with Gasteiger partial charge in [0, 0.05) is 18.0 Å². The summed E-state index contributed by atoms with van der Waals surface area (Å²) in [7, 11) is 0. The highest BCUT2D eigenvalue weighted by Crippen LogP contribution is 2.38. The molecule has 1 heterocycles. The van der Waals surface area contributed by atoms with Gasteiger partial charge in [0.15, 0.2) is 0 Å². The van der Waals surface area contributed by atoms with Gasteiger partial charge in [-0.15, -0.1) is 0 Å². The molecule has 0 bridgehead atoms. The summed E-state index contributed by atoms with van der Waals surface area (Å²) in [5.74, 6) is -0.632. The van der Waals surface area contributed by atoms with Crippen molar-refractivity contribution >= 4 is 17.7 Å².